The Bertz CT molecular complexity index is 2140. The molecule has 0 saturated heterocycles. The van der Waals surface area contributed by atoms with E-state index in [1.807, 2.05) is 6.07 Å². The van der Waals surface area contributed by atoms with Crippen LogP contribution in [0.1, 0.15) is 25.0 Å². The Labute approximate surface area is 252 Å². The molecule has 43 heavy (non-hydrogen) atoms. The minimum atomic E-state index is -0.147. The normalized spacial score (nSPS) is 13.1. The highest BCUT2D eigenvalue weighted by molar-refractivity contribution is 6.04. The maximum absolute atomic E-state index is 5.33. The van der Waals surface area contributed by atoms with E-state index < -0.39 is 0 Å². The van der Waals surface area contributed by atoms with Crippen molar-refractivity contribution in [1.82, 2.24) is 9.97 Å². The fourth-order valence-electron chi connectivity index (χ4n) is 6.79. The van der Waals surface area contributed by atoms with E-state index in [4.69, 9.17) is 9.97 Å². The van der Waals surface area contributed by atoms with E-state index in [-0.39, 0.29) is 5.41 Å². The third-order valence-corrected chi connectivity index (χ3v) is 8.85. The molecule has 0 saturated carbocycles. The highest BCUT2D eigenvalue weighted by atomic mass is 14.9. The van der Waals surface area contributed by atoms with Crippen LogP contribution in [-0.4, -0.2) is 9.97 Å². The summed E-state index contributed by atoms with van der Waals surface area (Å²) in [6, 6.07) is 51.6. The summed E-state index contributed by atoms with van der Waals surface area (Å²) in [7, 11) is 0. The van der Waals surface area contributed by atoms with Crippen molar-refractivity contribution in [2.45, 2.75) is 19.3 Å². The average molecular weight is 551 g/mol. The van der Waals surface area contributed by atoms with Gasteiger partial charge in [0.2, 0.25) is 0 Å². The van der Waals surface area contributed by atoms with Crippen LogP contribution >= 0.6 is 0 Å². The summed E-state index contributed by atoms with van der Waals surface area (Å²) >= 11 is 0. The van der Waals surface area contributed by atoms with Crippen LogP contribution in [0.25, 0.3) is 66.9 Å². The lowest BCUT2D eigenvalue weighted by Gasteiger charge is -2.24. The number of hydrogen-bond donors (Lipinski definition) is 0. The van der Waals surface area contributed by atoms with Crippen LogP contribution in [0.15, 0.2) is 146 Å². The lowest BCUT2D eigenvalue weighted by atomic mass is 9.79. The molecule has 0 radical (unpaired) electrons. The van der Waals surface area contributed by atoms with Gasteiger partial charge in [-0.15, -0.1) is 0 Å². The molecule has 0 unspecified atom stereocenters. The highest BCUT2D eigenvalue weighted by Crippen LogP contribution is 2.54. The maximum atomic E-state index is 5.33. The minimum absolute atomic E-state index is 0.147. The Balaban J connectivity index is 1.42. The summed E-state index contributed by atoms with van der Waals surface area (Å²) in [5.74, 6) is 0.746. The molecule has 0 amide bonds. The molecule has 0 bridgehead atoms. The second-order valence-corrected chi connectivity index (χ2v) is 11.8. The zero-order valence-corrected chi connectivity index (χ0v) is 24.3. The van der Waals surface area contributed by atoms with Crippen molar-refractivity contribution < 1.29 is 0 Å². The van der Waals surface area contributed by atoms with Crippen LogP contribution in [0.5, 0.6) is 0 Å². The Kier molecular flexibility index (Phi) is 5.84. The first-order valence-electron chi connectivity index (χ1n) is 14.8. The van der Waals surface area contributed by atoms with E-state index in [1.165, 1.54) is 44.2 Å². The fraction of sp³-hybridized carbons (Fsp3) is 0.0732. The molecular formula is C41H30N2. The van der Waals surface area contributed by atoms with E-state index in [0.29, 0.717) is 0 Å². The van der Waals surface area contributed by atoms with Gasteiger partial charge in [-0.05, 0) is 62.4 Å². The van der Waals surface area contributed by atoms with E-state index in [2.05, 4.69) is 153 Å². The minimum Gasteiger partial charge on any atom is -0.228 e. The summed E-state index contributed by atoms with van der Waals surface area (Å²) in [6.45, 7) is 4.69. The van der Waals surface area contributed by atoms with Crippen LogP contribution in [0.3, 0.4) is 0 Å². The van der Waals surface area contributed by atoms with E-state index in [1.54, 1.807) is 0 Å². The third-order valence-electron chi connectivity index (χ3n) is 8.85. The number of benzene rings is 6. The Morgan fingerprint density at radius 2 is 1.07 bits per heavy atom. The number of nitrogens with zero attached hydrogens (tertiary/aromatic N) is 2. The summed E-state index contributed by atoms with van der Waals surface area (Å²) in [5, 5.41) is 2.50. The second kappa shape index (κ2) is 9.89. The van der Waals surface area contributed by atoms with Gasteiger partial charge in [0.1, 0.15) is 0 Å². The predicted octanol–water partition coefficient (Wildman–Crippen LogP) is 10.6. The summed E-state index contributed by atoms with van der Waals surface area (Å²) in [6.07, 6.45) is 0. The number of rotatable bonds is 4. The van der Waals surface area contributed by atoms with Gasteiger partial charge in [0.25, 0.3) is 0 Å². The van der Waals surface area contributed by atoms with Crippen molar-refractivity contribution >= 4 is 10.8 Å². The topological polar surface area (TPSA) is 25.8 Å². The first kappa shape index (κ1) is 25.4. The maximum Gasteiger partial charge on any atom is 0.161 e. The van der Waals surface area contributed by atoms with Gasteiger partial charge in [-0.2, -0.15) is 0 Å². The molecule has 0 atom stereocenters. The third kappa shape index (κ3) is 4.18. The van der Waals surface area contributed by atoms with Crippen molar-refractivity contribution in [1.29, 1.82) is 0 Å². The molecule has 0 N–H and O–H groups in total. The molecule has 1 aromatic heterocycles. The van der Waals surface area contributed by atoms with E-state index in [9.17, 15) is 0 Å². The van der Waals surface area contributed by atoms with Crippen LogP contribution in [-0.2, 0) is 5.41 Å². The summed E-state index contributed by atoms with van der Waals surface area (Å²) < 4.78 is 0. The van der Waals surface area contributed by atoms with Crippen molar-refractivity contribution in [3.05, 3.63) is 157 Å². The van der Waals surface area contributed by atoms with Crippen LogP contribution < -0.4 is 0 Å². The van der Waals surface area contributed by atoms with Gasteiger partial charge in [0.15, 0.2) is 5.82 Å². The Hall–Kier alpha value is -5.34. The molecule has 0 fully saturated rings. The molecule has 8 rings (SSSR count). The van der Waals surface area contributed by atoms with E-state index >= 15 is 0 Å². The lowest BCUT2D eigenvalue weighted by Crippen LogP contribution is -2.15. The molecule has 2 nitrogen and oxygen atoms in total. The predicted molar refractivity (Wildman–Crippen MR) is 179 cm³/mol. The monoisotopic (exact) mass is 550 g/mol. The molecule has 7 aromatic rings. The smallest absolute Gasteiger partial charge is 0.161 e. The molecule has 204 valence electrons. The summed E-state index contributed by atoms with van der Waals surface area (Å²) in [5.41, 5.74) is 12.5. The first-order chi connectivity index (χ1) is 21.1. The first-order valence-corrected chi connectivity index (χ1v) is 14.8. The lowest BCUT2D eigenvalue weighted by molar-refractivity contribution is 0.666. The molecular weight excluding hydrogens is 520 g/mol. The molecule has 0 aliphatic heterocycles. The summed E-state index contributed by atoms with van der Waals surface area (Å²) in [4.78, 5) is 10.6. The Morgan fingerprint density at radius 1 is 0.465 bits per heavy atom. The number of fused-ring (bicyclic) bond motifs is 5. The van der Waals surface area contributed by atoms with Gasteiger partial charge in [0.05, 0.1) is 11.4 Å². The van der Waals surface area contributed by atoms with Crippen molar-refractivity contribution in [3.63, 3.8) is 0 Å². The highest BCUT2D eigenvalue weighted by Gasteiger charge is 2.38. The average Bonchev–Trinajstić information content (AvgIpc) is 3.32. The van der Waals surface area contributed by atoms with Gasteiger partial charge < -0.3 is 0 Å². The van der Waals surface area contributed by atoms with Gasteiger partial charge in [0, 0.05) is 22.1 Å². The van der Waals surface area contributed by atoms with Crippen molar-refractivity contribution in [3.8, 4) is 56.2 Å². The number of hydrogen-bond acceptors (Lipinski definition) is 2. The SMILES string of the molecule is CC1(C)c2ccccc2-c2c(-c3nc(-c4ccccc4)cc(-c4cccc(-c5ccccc5)c4)n3)cc3ccccc3c21. The van der Waals surface area contributed by atoms with Crippen LogP contribution in [0, 0.1) is 0 Å². The molecule has 0 spiro atoms. The zero-order chi connectivity index (χ0) is 29.0. The molecule has 1 heterocycles. The van der Waals surface area contributed by atoms with Crippen LogP contribution in [0.4, 0.5) is 0 Å². The van der Waals surface area contributed by atoms with Gasteiger partial charge in [-0.25, -0.2) is 9.97 Å². The quantitative estimate of drug-likeness (QED) is 0.218. The van der Waals surface area contributed by atoms with E-state index in [0.717, 1.165) is 33.9 Å². The molecule has 6 aromatic carbocycles. The van der Waals surface area contributed by atoms with Crippen LogP contribution in [0.2, 0.25) is 0 Å². The largest absolute Gasteiger partial charge is 0.228 e. The van der Waals surface area contributed by atoms with Gasteiger partial charge in [-0.1, -0.05) is 141 Å². The molecule has 1 aliphatic rings. The van der Waals surface area contributed by atoms with Gasteiger partial charge in [-0.3, -0.25) is 0 Å². The standard InChI is InChI=1S/C41H30N2/c1-41(2)35-23-12-11-22-33(35)38-34(25-30-18-9-10-21-32(30)39(38)41)40-42-36(28-16-7-4-8-17-28)26-37(43-40)31-20-13-19-29(24-31)27-14-5-3-6-15-27/h3-26H,1-2H3. The molecule has 2 heteroatoms. The van der Waals surface area contributed by atoms with Crippen molar-refractivity contribution in [2.24, 2.45) is 0 Å². The van der Waals surface area contributed by atoms with Gasteiger partial charge >= 0.3 is 0 Å². The van der Waals surface area contributed by atoms with Crippen molar-refractivity contribution in [2.75, 3.05) is 0 Å². The second-order valence-electron chi connectivity index (χ2n) is 11.8. The molecule has 1 aliphatic carbocycles. The number of aromatic nitrogens is 2. The Morgan fingerprint density at radius 3 is 1.86 bits per heavy atom. The fourth-order valence-corrected chi connectivity index (χ4v) is 6.79. The zero-order valence-electron chi connectivity index (χ0n) is 24.3.